The summed E-state index contributed by atoms with van der Waals surface area (Å²) in [4.78, 5) is 32.0. The maximum Gasteiger partial charge on any atom is 0.338 e. The standard InChI is InChI=1S/C31H30FN3O3S/c1-17(2)21-7-9-22(10-8-21)28-27(30(37)38-6)19(4)33-31-35(28)29(36)26(39-31)16-23-15-18(3)34(20(23)5)25-13-11-24(32)12-14-25/h7-17,28H,1-6H3/b26-16+. The number of hydrogen-bond acceptors (Lipinski definition) is 5. The van der Waals surface area contributed by atoms with E-state index in [0.29, 0.717) is 26.5 Å². The number of esters is 1. The van der Waals surface area contributed by atoms with Crippen LogP contribution >= 0.6 is 11.3 Å². The number of nitrogens with zero attached hydrogens (tertiary/aromatic N) is 3. The number of benzene rings is 2. The quantitative estimate of drug-likeness (QED) is 0.330. The Kier molecular flexibility index (Phi) is 6.99. The maximum atomic E-state index is 13.9. The van der Waals surface area contributed by atoms with Crippen LogP contribution in [-0.2, 0) is 9.53 Å². The lowest BCUT2D eigenvalue weighted by molar-refractivity contribution is -0.136. The summed E-state index contributed by atoms with van der Waals surface area (Å²) in [5.74, 6) is -0.448. The molecule has 1 atom stereocenters. The molecule has 2 aromatic heterocycles. The number of carbonyl (C=O) groups excluding carboxylic acids is 1. The zero-order valence-corrected chi connectivity index (χ0v) is 23.6. The van der Waals surface area contributed by atoms with Crippen molar-refractivity contribution in [1.29, 1.82) is 0 Å². The van der Waals surface area contributed by atoms with Crippen molar-refractivity contribution in [2.75, 3.05) is 7.11 Å². The van der Waals surface area contributed by atoms with Crippen LogP contribution in [0.15, 0.2) is 75.7 Å². The molecule has 0 radical (unpaired) electrons. The molecule has 0 saturated carbocycles. The van der Waals surface area contributed by atoms with Crippen molar-refractivity contribution >= 4 is 23.4 Å². The fourth-order valence-electron chi connectivity index (χ4n) is 5.13. The molecule has 5 rings (SSSR count). The molecule has 1 aliphatic heterocycles. The molecule has 200 valence electrons. The molecule has 1 unspecified atom stereocenters. The summed E-state index contributed by atoms with van der Waals surface area (Å²) in [6, 6.07) is 15.7. The highest BCUT2D eigenvalue weighted by molar-refractivity contribution is 7.07. The Morgan fingerprint density at radius 2 is 1.74 bits per heavy atom. The van der Waals surface area contributed by atoms with E-state index >= 15 is 0 Å². The molecular weight excluding hydrogens is 513 g/mol. The first-order valence-corrected chi connectivity index (χ1v) is 13.6. The highest BCUT2D eigenvalue weighted by Gasteiger charge is 2.33. The van der Waals surface area contributed by atoms with E-state index in [9.17, 15) is 14.0 Å². The Balaban J connectivity index is 1.68. The molecule has 39 heavy (non-hydrogen) atoms. The molecule has 0 bridgehead atoms. The first-order chi connectivity index (χ1) is 18.6. The van der Waals surface area contributed by atoms with Gasteiger partial charge in [0, 0.05) is 17.1 Å². The number of ether oxygens (including phenoxy) is 1. The first-order valence-electron chi connectivity index (χ1n) is 12.8. The average molecular weight is 544 g/mol. The number of thiazole rings is 1. The molecule has 0 aliphatic carbocycles. The van der Waals surface area contributed by atoms with Gasteiger partial charge < -0.3 is 9.30 Å². The molecular formula is C31H30FN3O3S. The minimum Gasteiger partial charge on any atom is -0.466 e. The van der Waals surface area contributed by atoms with Gasteiger partial charge in [-0.15, -0.1) is 0 Å². The van der Waals surface area contributed by atoms with Crippen LogP contribution in [0.1, 0.15) is 60.8 Å². The van der Waals surface area contributed by atoms with Gasteiger partial charge in [-0.05, 0) is 79.8 Å². The molecule has 0 amide bonds. The summed E-state index contributed by atoms with van der Waals surface area (Å²) in [5.41, 5.74) is 6.25. The maximum absolute atomic E-state index is 13.9. The van der Waals surface area contributed by atoms with E-state index < -0.39 is 12.0 Å². The molecule has 3 heterocycles. The van der Waals surface area contributed by atoms with Gasteiger partial charge in [0.2, 0.25) is 0 Å². The van der Waals surface area contributed by atoms with Crippen molar-refractivity contribution in [3.05, 3.63) is 119 Å². The molecule has 1 aliphatic rings. The normalized spacial score (nSPS) is 15.5. The second-order valence-corrected chi connectivity index (χ2v) is 11.0. The van der Waals surface area contributed by atoms with Gasteiger partial charge in [-0.3, -0.25) is 9.36 Å². The monoisotopic (exact) mass is 543 g/mol. The molecule has 0 spiro atoms. The van der Waals surface area contributed by atoms with Crippen molar-refractivity contribution in [2.24, 2.45) is 4.99 Å². The van der Waals surface area contributed by atoms with Gasteiger partial charge in [-0.1, -0.05) is 49.4 Å². The van der Waals surface area contributed by atoms with Crippen molar-refractivity contribution in [3.63, 3.8) is 0 Å². The molecule has 8 heteroatoms. The highest BCUT2D eigenvalue weighted by Crippen LogP contribution is 2.31. The van der Waals surface area contributed by atoms with Gasteiger partial charge >= 0.3 is 5.97 Å². The van der Waals surface area contributed by atoms with E-state index in [4.69, 9.17) is 4.74 Å². The Morgan fingerprint density at radius 3 is 2.36 bits per heavy atom. The summed E-state index contributed by atoms with van der Waals surface area (Å²) in [6.45, 7) is 9.96. The summed E-state index contributed by atoms with van der Waals surface area (Å²) in [7, 11) is 1.34. The van der Waals surface area contributed by atoms with Gasteiger partial charge in [0.15, 0.2) is 4.80 Å². The van der Waals surface area contributed by atoms with E-state index in [1.54, 1.807) is 23.6 Å². The van der Waals surface area contributed by atoms with Crippen molar-refractivity contribution < 1.29 is 13.9 Å². The van der Waals surface area contributed by atoms with Crippen molar-refractivity contribution in [1.82, 2.24) is 9.13 Å². The number of methoxy groups -OCH3 is 1. The summed E-state index contributed by atoms with van der Waals surface area (Å²) in [5, 5.41) is 0. The zero-order valence-electron chi connectivity index (χ0n) is 22.8. The number of allylic oxidation sites excluding steroid dienone is 1. The fourth-order valence-corrected chi connectivity index (χ4v) is 6.17. The number of aryl methyl sites for hydroxylation is 1. The van der Waals surface area contributed by atoms with Crippen LogP contribution in [0, 0.1) is 19.7 Å². The Hall–Kier alpha value is -4.04. The Bertz CT molecular complexity index is 1790. The number of rotatable bonds is 5. The van der Waals surface area contributed by atoms with Gasteiger partial charge in [-0.2, -0.15) is 0 Å². The number of fused-ring (bicyclic) bond motifs is 1. The van der Waals surface area contributed by atoms with E-state index in [1.165, 1.54) is 36.1 Å². The molecule has 4 aromatic rings. The molecule has 6 nitrogen and oxygen atoms in total. The lowest BCUT2D eigenvalue weighted by Gasteiger charge is -2.24. The third-order valence-corrected chi connectivity index (χ3v) is 8.17. The van der Waals surface area contributed by atoms with E-state index in [2.05, 4.69) is 18.8 Å². The minimum atomic E-state index is -0.649. The van der Waals surface area contributed by atoms with Crippen LogP contribution < -0.4 is 14.9 Å². The van der Waals surface area contributed by atoms with Crippen molar-refractivity contribution in [3.8, 4) is 5.69 Å². The lowest BCUT2D eigenvalue weighted by Crippen LogP contribution is -2.39. The van der Waals surface area contributed by atoms with E-state index in [1.807, 2.05) is 54.8 Å². The van der Waals surface area contributed by atoms with Crippen LogP contribution in [0.2, 0.25) is 0 Å². The predicted molar refractivity (Wildman–Crippen MR) is 152 cm³/mol. The topological polar surface area (TPSA) is 65.6 Å². The van der Waals surface area contributed by atoms with E-state index in [0.717, 1.165) is 28.2 Å². The Morgan fingerprint density at radius 1 is 1.08 bits per heavy atom. The second-order valence-electron chi connectivity index (χ2n) is 10.0. The largest absolute Gasteiger partial charge is 0.466 e. The summed E-state index contributed by atoms with van der Waals surface area (Å²) >= 11 is 1.29. The average Bonchev–Trinajstić information content (AvgIpc) is 3.37. The third kappa shape index (κ3) is 4.69. The van der Waals surface area contributed by atoms with Gasteiger partial charge in [-0.25, -0.2) is 14.2 Å². The second kappa shape index (κ2) is 10.3. The van der Waals surface area contributed by atoms with Crippen molar-refractivity contribution in [2.45, 2.75) is 46.6 Å². The number of hydrogen-bond donors (Lipinski definition) is 0. The molecule has 0 fully saturated rings. The zero-order chi connectivity index (χ0) is 28.0. The minimum absolute atomic E-state index is 0.225. The van der Waals surface area contributed by atoms with Gasteiger partial charge in [0.05, 0.1) is 29.0 Å². The van der Waals surface area contributed by atoms with Crippen LogP contribution in [0.25, 0.3) is 11.8 Å². The van der Waals surface area contributed by atoms with Gasteiger partial charge in [0.25, 0.3) is 5.56 Å². The Labute approximate surface area is 230 Å². The number of aromatic nitrogens is 2. The fraction of sp³-hybridized carbons (Fsp3) is 0.258. The number of carbonyl (C=O) groups is 1. The SMILES string of the molecule is COC(=O)C1=C(C)N=c2s/c(=C/c3cc(C)n(-c4ccc(F)cc4)c3C)c(=O)n2C1c1ccc(C(C)C)cc1. The van der Waals surface area contributed by atoms with Crippen LogP contribution in [-0.4, -0.2) is 22.2 Å². The van der Waals surface area contributed by atoms with E-state index in [-0.39, 0.29) is 11.4 Å². The van der Waals surface area contributed by atoms with Gasteiger partial charge in [0.1, 0.15) is 5.82 Å². The molecule has 0 N–H and O–H groups in total. The number of halogens is 1. The molecule has 0 saturated heterocycles. The highest BCUT2D eigenvalue weighted by atomic mass is 32.1. The van der Waals surface area contributed by atoms with Crippen LogP contribution in [0.4, 0.5) is 4.39 Å². The summed E-state index contributed by atoms with van der Waals surface area (Å²) < 4.78 is 22.7. The van der Waals surface area contributed by atoms with Crippen LogP contribution in [0.5, 0.6) is 0 Å². The molecule has 2 aromatic carbocycles. The smallest absolute Gasteiger partial charge is 0.338 e. The third-order valence-electron chi connectivity index (χ3n) is 7.19. The predicted octanol–water partition coefficient (Wildman–Crippen LogP) is 5.08. The lowest BCUT2D eigenvalue weighted by atomic mass is 9.93. The van der Waals surface area contributed by atoms with Crippen LogP contribution in [0.3, 0.4) is 0 Å². The first kappa shape index (κ1) is 26.6. The summed E-state index contributed by atoms with van der Waals surface area (Å²) in [6.07, 6.45) is 1.86.